The molecule has 0 bridgehead atoms. The van der Waals surface area contributed by atoms with Gasteiger partial charge in [-0.1, -0.05) is 312 Å². The van der Waals surface area contributed by atoms with Crippen molar-refractivity contribution in [2.45, 2.75) is 328 Å². The van der Waals surface area contributed by atoms with Gasteiger partial charge in [-0.3, -0.25) is 9.59 Å². The summed E-state index contributed by atoms with van der Waals surface area (Å²) in [6, 6.07) is 0. The van der Waals surface area contributed by atoms with E-state index in [0.717, 1.165) is 70.6 Å². The number of aliphatic hydroxyl groups excluding tert-OH is 1. The lowest BCUT2D eigenvalue weighted by molar-refractivity contribution is -0.161. The van der Waals surface area contributed by atoms with Crippen molar-refractivity contribution in [1.29, 1.82) is 0 Å². The fourth-order valence-electron chi connectivity index (χ4n) is 9.23. The minimum absolute atomic E-state index is 0.0645. The van der Waals surface area contributed by atoms with Crippen LogP contribution in [-0.2, 0) is 19.1 Å². The van der Waals surface area contributed by atoms with Gasteiger partial charge in [0.2, 0.25) is 0 Å². The Morgan fingerprint density at radius 2 is 0.614 bits per heavy atom. The molecule has 1 atom stereocenters. The summed E-state index contributed by atoms with van der Waals surface area (Å²) in [4.78, 5) is 24.6. The van der Waals surface area contributed by atoms with E-state index in [1.165, 1.54) is 225 Å². The maximum atomic E-state index is 12.3. The largest absolute Gasteiger partial charge is 0.462 e. The van der Waals surface area contributed by atoms with Gasteiger partial charge < -0.3 is 14.6 Å². The standard InChI is InChI=1S/C65H118O5/c1-3-5-7-9-11-13-15-17-19-21-23-25-27-29-31-32-34-35-37-39-41-43-45-47-49-51-53-55-57-59-64(67)69-62-63(61-66)70-65(68)60-58-56-54-52-50-48-46-44-42-40-38-36-33-30-28-26-24-22-20-18-16-14-12-10-8-6-4-2/h6,8,12,14,18,20,24,26,30,33,63,66H,3-5,7,9-11,13,15-17,19,21-23,25,27-29,31-32,34-62H2,1-2H3/b8-6-,14-12-,20-18-,26-24-,33-30-. The zero-order valence-electron chi connectivity index (χ0n) is 46.8. The van der Waals surface area contributed by atoms with Crippen LogP contribution in [0.1, 0.15) is 322 Å². The van der Waals surface area contributed by atoms with E-state index in [1.807, 2.05) is 0 Å². The van der Waals surface area contributed by atoms with Crippen LogP contribution in [0, 0.1) is 0 Å². The van der Waals surface area contributed by atoms with Crippen molar-refractivity contribution < 1.29 is 24.2 Å². The first-order valence-corrected chi connectivity index (χ1v) is 30.8. The van der Waals surface area contributed by atoms with Crippen LogP contribution >= 0.6 is 0 Å². The maximum Gasteiger partial charge on any atom is 0.306 e. The van der Waals surface area contributed by atoms with Crippen LogP contribution in [0.15, 0.2) is 60.8 Å². The quantitative estimate of drug-likeness (QED) is 0.0373. The van der Waals surface area contributed by atoms with Crippen molar-refractivity contribution >= 4 is 11.9 Å². The van der Waals surface area contributed by atoms with E-state index in [0.29, 0.717) is 12.8 Å². The van der Waals surface area contributed by atoms with Gasteiger partial charge in [-0.25, -0.2) is 0 Å². The Balaban J connectivity index is 3.44. The van der Waals surface area contributed by atoms with Gasteiger partial charge in [-0.05, 0) is 57.8 Å². The van der Waals surface area contributed by atoms with Gasteiger partial charge in [0.25, 0.3) is 0 Å². The topological polar surface area (TPSA) is 72.8 Å². The summed E-state index contributed by atoms with van der Waals surface area (Å²) < 4.78 is 10.7. The molecule has 0 heterocycles. The molecule has 1 unspecified atom stereocenters. The molecule has 0 aliphatic heterocycles. The van der Waals surface area contributed by atoms with Crippen molar-refractivity contribution in [3.63, 3.8) is 0 Å². The van der Waals surface area contributed by atoms with Crippen molar-refractivity contribution in [1.82, 2.24) is 0 Å². The van der Waals surface area contributed by atoms with Gasteiger partial charge in [0.05, 0.1) is 6.61 Å². The second-order valence-corrected chi connectivity index (χ2v) is 20.8. The Hall–Kier alpha value is -2.40. The molecule has 0 saturated heterocycles. The average molecular weight is 980 g/mol. The summed E-state index contributed by atoms with van der Waals surface area (Å²) in [6.45, 7) is 4.07. The Kier molecular flexibility index (Phi) is 58.8. The van der Waals surface area contributed by atoms with Crippen LogP contribution in [-0.4, -0.2) is 36.4 Å². The molecule has 0 spiro atoms. The molecule has 0 aromatic heterocycles. The molecule has 1 N–H and O–H groups in total. The lowest BCUT2D eigenvalue weighted by Crippen LogP contribution is -2.28. The first-order chi connectivity index (χ1) is 34.6. The summed E-state index contributed by atoms with van der Waals surface area (Å²) in [6.07, 6.45) is 82.2. The number of carbonyl (C=O) groups is 2. The monoisotopic (exact) mass is 979 g/mol. The number of esters is 2. The molecular weight excluding hydrogens is 861 g/mol. The van der Waals surface area contributed by atoms with Crippen molar-refractivity contribution in [3.8, 4) is 0 Å². The highest BCUT2D eigenvalue weighted by atomic mass is 16.6. The second kappa shape index (κ2) is 60.9. The Morgan fingerprint density at radius 3 is 0.929 bits per heavy atom. The van der Waals surface area contributed by atoms with Crippen LogP contribution in [0.25, 0.3) is 0 Å². The third-order valence-electron chi connectivity index (χ3n) is 13.8. The van der Waals surface area contributed by atoms with E-state index in [2.05, 4.69) is 74.6 Å². The summed E-state index contributed by atoms with van der Waals surface area (Å²) in [5.74, 6) is -0.580. The normalized spacial score (nSPS) is 12.6. The molecule has 5 heteroatoms. The maximum absolute atomic E-state index is 12.3. The minimum atomic E-state index is -0.775. The minimum Gasteiger partial charge on any atom is -0.462 e. The van der Waals surface area contributed by atoms with Crippen LogP contribution < -0.4 is 0 Å². The Labute approximate surface area is 436 Å². The molecule has 0 amide bonds. The first kappa shape index (κ1) is 67.6. The molecule has 0 saturated carbocycles. The van der Waals surface area contributed by atoms with Gasteiger partial charge in [0.15, 0.2) is 6.10 Å². The number of hydrogen-bond donors (Lipinski definition) is 1. The molecule has 0 radical (unpaired) electrons. The molecular formula is C65H118O5. The second-order valence-electron chi connectivity index (χ2n) is 20.8. The van der Waals surface area contributed by atoms with Crippen molar-refractivity contribution in [3.05, 3.63) is 60.8 Å². The fraction of sp³-hybridized carbons (Fsp3) is 0.815. The van der Waals surface area contributed by atoms with Crippen LogP contribution in [0.2, 0.25) is 0 Å². The van der Waals surface area contributed by atoms with Gasteiger partial charge in [0, 0.05) is 12.8 Å². The SMILES string of the molecule is CC/C=C\C/C=C\C/C=C\C/C=C\C/C=C\CCCCCCCCCCCCCC(=O)OC(CO)COC(=O)CCCCCCCCCCCCCCCCCCCCCCCCCCCCCCC. The highest BCUT2D eigenvalue weighted by Crippen LogP contribution is 2.18. The lowest BCUT2D eigenvalue weighted by atomic mass is 10.0. The average Bonchev–Trinajstić information content (AvgIpc) is 3.36. The summed E-state index contributed by atoms with van der Waals surface area (Å²) >= 11 is 0. The zero-order valence-corrected chi connectivity index (χ0v) is 46.8. The summed E-state index contributed by atoms with van der Waals surface area (Å²) in [5.41, 5.74) is 0. The van der Waals surface area contributed by atoms with E-state index in [-0.39, 0.29) is 25.2 Å². The zero-order chi connectivity index (χ0) is 50.6. The number of rotatable bonds is 57. The van der Waals surface area contributed by atoms with Gasteiger partial charge in [-0.15, -0.1) is 0 Å². The molecule has 0 rings (SSSR count). The number of hydrogen-bond acceptors (Lipinski definition) is 5. The Bertz CT molecular complexity index is 1200. The predicted octanol–water partition coefficient (Wildman–Crippen LogP) is 21.0. The van der Waals surface area contributed by atoms with E-state index >= 15 is 0 Å². The molecule has 0 aliphatic carbocycles. The predicted molar refractivity (Wildman–Crippen MR) is 307 cm³/mol. The van der Waals surface area contributed by atoms with Gasteiger partial charge in [-0.2, -0.15) is 0 Å². The van der Waals surface area contributed by atoms with Crippen LogP contribution in [0.3, 0.4) is 0 Å². The van der Waals surface area contributed by atoms with E-state index in [9.17, 15) is 14.7 Å². The number of ether oxygens (including phenoxy) is 2. The molecule has 0 fully saturated rings. The van der Waals surface area contributed by atoms with Gasteiger partial charge >= 0.3 is 11.9 Å². The summed E-state index contributed by atoms with van der Waals surface area (Å²) in [5, 5.41) is 9.67. The Morgan fingerprint density at radius 1 is 0.343 bits per heavy atom. The van der Waals surface area contributed by atoms with Crippen LogP contribution in [0.4, 0.5) is 0 Å². The third-order valence-corrected chi connectivity index (χ3v) is 13.8. The molecule has 0 aromatic carbocycles. The summed E-state index contributed by atoms with van der Waals surface area (Å²) in [7, 11) is 0. The third kappa shape index (κ3) is 58.2. The lowest BCUT2D eigenvalue weighted by Gasteiger charge is -2.15. The first-order valence-electron chi connectivity index (χ1n) is 30.8. The number of carbonyl (C=O) groups excluding carboxylic acids is 2. The number of allylic oxidation sites excluding steroid dienone is 10. The number of unbranched alkanes of at least 4 members (excludes halogenated alkanes) is 39. The van der Waals surface area contributed by atoms with Gasteiger partial charge in [0.1, 0.15) is 6.61 Å². The van der Waals surface area contributed by atoms with Crippen molar-refractivity contribution in [2.24, 2.45) is 0 Å². The highest BCUT2D eigenvalue weighted by molar-refractivity contribution is 5.70. The van der Waals surface area contributed by atoms with E-state index < -0.39 is 6.10 Å². The van der Waals surface area contributed by atoms with E-state index in [1.54, 1.807) is 0 Å². The molecule has 5 nitrogen and oxygen atoms in total. The molecule has 0 aliphatic rings. The molecule has 70 heavy (non-hydrogen) atoms. The fourth-order valence-corrected chi connectivity index (χ4v) is 9.23. The molecule has 408 valence electrons. The van der Waals surface area contributed by atoms with Crippen molar-refractivity contribution in [2.75, 3.05) is 13.2 Å². The smallest absolute Gasteiger partial charge is 0.306 e. The highest BCUT2D eigenvalue weighted by Gasteiger charge is 2.16. The van der Waals surface area contributed by atoms with E-state index in [4.69, 9.17) is 9.47 Å². The van der Waals surface area contributed by atoms with Crippen LogP contribution in [0.5, 0.6) is 0 Å². The molecule has 0 aromatic rings. The number of aliphatic hydroxyl groups is 1.